The van der Waals surface area contributed by atoms with Crippen LogP contribution < -0.4 is 0 Å². The minimum absolute atomic E-state index is 0.139. The molecular weight excluding hydrogens is 170 g/mol. The van der Waals surface area contributed by atoms with Crippen LogP contribution in [0.25, 0.3) is 0 Å². The van der Waals surface area contributed by atoms with Crippen LogP contribution in [0.1, 0.15) is 41.0 Å². The zero-order chi connectivity index (χ0) is 10.8. The van der Waals surface area contributed by atoms with E-state index in [0.717, 1.165) is 6.42 Å². The second kappa shape index (κ2) is 4.12. The topological polar surface area (TPSA) is 12.4 Å². The molecule has 0 amide bonds. The van der Waals surface area contributed by atoms with Crippen molar-refractivity contribution in [1.82, 2.24) is 0 Å². The molecular formula is C13H21N. The predicted molar refractivity (Wildman–Crippen MR) is 63.6 cm³/mol. The fourth-order valence-electron chi connectivity index (χ4n) is 1.47. The molecule has 14 heavy (non-hydrogen) atoms. The Kier molecular flexibility index (Phi) is 3.30. The van der Waals surface area contributed by atoms with Gasteiger partial charge in [-0.15, -0.1) is 0 Å². The molecule has 1 aliphatic heterocycles. The lowest BCUT2D eigenvalue weighted by molar-refractivity contribution is 0.606. The van der Waals surface area contributed by atoms with Crippen LogP contribution in [-0.4, -0.2) is 5.71 Å². The summed E-state index contributed by atoms with van der Waals surface area (Å²) in [6, 6.07) is 0. The Morgan fingerprint density at radius 1 is 1.36 bits per heavy atom. The molecule has 0 saturated carbocycles. The molecule has 1 heteroatoms. The van der Waals surface area contributed by atoms with Gasteiger partial charge in [-0.05, 0) is 18.4 Å². The molecule has 0 atom stereocenters. The predicted octanol–water partition coefficient (Wildman–Crippen LogP) is 3.97. The second-order valence-corrected chi connectivity index (χ2v) is 4.84. The molecule has 0 saturated heterocycles. The van der Waals surface area contributed by atoms with E-state index in [9.17, 15) is 0 Å². The van der Waals surface area contributed by atoms with Crippen molar-refractivity contribution in [3.05, 3.63) is 23.9 Å². The fourth-order valence-corrected chi connectivity index (χ4v) is 1.47. The van der Waals surface area contributed by atoms with Crippen molar-refractivity contribution in [3.8, 4) is 0 Å². The molecule has 0 fully saturated rings. The molecule has 1 heterocycles. The first-order valence-corrected chi connectivity index (χ1v) is 5.44. The van der Waals surface area contributed by atoms with Crippen molar-refractivity contribution in [1.29, 1.82) is 0 Å². The molecule has 0 radical (unpaired) electrons. The van der Waals surface area contributed by atoms with Crippen molar-refractivity contribution in [2.45, 2.75) is 41.0 Å². The molecule has 1 rings (SSSR count). The van der Waals surface area contributed by atoms with Gasteiger partial charge in [-0.3, -0.25) is 4.99 Å². The maximum Gasteiger partial charge on any atom is 0.0401 e. The molecule has 1 aliphatic rings. The Morgan fingerprint density at radius 2 is 2.00 bits per heavy atom. The molecule has 0 unspecified atom stereocenters. The first kappa shape index (κ1) is 11.2. The molecule has 78 valence electrons. The van der Waals surface area contributed by atoms with Crippen LogP contribution in [0.2, 0.25) is 0 Å². The van der Waals surface area contributed by atoms with Crippen LogP contribution in [0.15, 0.2) is 28.9 Å². The molecule has 0 aromatic carbocycles. The fraction of sp³-hybridized carbons (Fsp3) is 0.615. The summed E-state index contributed by atoms with van der Waals surface area (Å²) < 4.78 is 0. The largest absolute Gasteiger partial charge is 0.258 e. The normalized spacial score (nSPS) is 20.4. The van der Waals surface area contributed by atoms with Crippen LogP contribution in [0, 0.1) is 11.3 Å². The molecule has 0 spiro atoms. The van der Waals surface area contributed by atoms with E-state index in [2.05, 4.69) is 57.8 Å². The summed E-state index contributed by atoms with van der Waals surface area (Å²) in [6.45, 7) is 11.0. The van der Waals surface area contributed by atoms with E-state index in [1.165, 1.54) is 11.4 Å². The van der Waals surface area contributed by atoms with Gasteiger partial charge in [0.2, 0.25) is 0 Å². The Hall–Kier alpha value is -0.850. The molecule has 0 aliphatic carbocycles. The highest BCUT2D eigenvalue weighted by atomic mass is 14.8. The molecule has 0 bridgehead atoms. The van der Waals surface area contributed by atoms with E-state index in [4.69, 9.17) is 0 Å². The quantitative estimate of drug-likeness (QED) is 0.626. The van der Waals surface area contributed by atoms with E-state index in [-0.39, 0.29) is 5.41 Å². The van der Waals surface area contributed by atoms with Crippen molar-refractivity contribution < 1.29 is 0 Å². The third kappa shape index (κ3) is 2.83. The smallest absolute Gasteiger partial charge is 0.0401 e. The summed E-state index contributed by atoms with van der Waals surface area (Å²) in [7, 11) is 0. The number of hydrogen-bond donors (Lipinski definition) is 0. The van der Waals surface area contributed by atoms with E-state index in [1.54, 1.807) is 0 Å². The van der Waals surface area contributed by atoms with E-state index in [1.807, 2.05) is 0 Å². The zero-order valence-electron chi connectivity index (χ0n) is 9.96. The molecule has 0 aromatic rings. The summed E-state index contributed by atoms with van der Waals surface area (Å²) in [5, 5.41) is 0. The second-order valence-electron chi connectivity index (χ2n) is 4.84. The number of hydrogen-bond acceptors (Lipinski definition) is 1. The first-order chi connectivity index (χ1) is 6.44. The molecule has 0 aromatic heterocycles. The van der Waals surface area contributed by atoms with Gasteiger partial charge >= 0.3 is 0 Å². The van der Waals surface area contributed by atoms with E-state index in [0.29, 0.717) is 5.92 Å². The summed E-state index contributed by atoms with van der Waals surface area (Å²) in [6.07, 6.45) is 7.68. The standard InChI is InChI=1S/C13H21N/c1-6-11-7-8-13(4,5)9-12(14-11)10(2)3/h7-10H,6H2,1-5H3. The number of rotatable bonds is 2. The summed E-state index contributed by atoms with van der Waals surface area (Å²) >= 11 is 0. The molecule has 1 nitrogen and oxygen atoms in total. The van der Waals surface area contributed by atoms with Gasteiger partial charge in [0.25, 0.3) is 0 Å². The third-order valence-electron chi connectivity index (χ3n) is 2.45. The molecule has 0 N–H and O–H groups in total. The van der Waals surface area contributed by atoms with Gasteiger partial charge in [0.1, 0.15) is 0 Å². The highest BCUT2D eigenvalue weighted by molar-refractivity contribution is 5.95. The SMILES string of the molecule is CCC1=NC(C(C)C)=CC(C)(C)C=C1. The van der Waals surface area contributed by atoms with Crippen LogP contribution in [0.4, 0.5) is 0 Å². The van der Waals surface area contributed by atoms with Gasteiger partial charge in [0.05, 0.1) is 0 Å². The van der Waals surface area contributed by atoms with Crippen LogP contribution >= 0.6 is 0 Å². The number of allylic oxidation sites excluding steroid dienone is 4. The third-order valence-corrected chi connectivity index (χ3v) is 2.45. The van der Waals surface area contributed by atoms with E-state index < -0.39 is 0 Å². The average molecular weight is 191 g/mol. The van der Waals surface area contributed by atoms with Crippen molar-refractivity contribution in [3.63, 3.8) is 0 Å². The van der Waals surface area contributed by atoms with Crippen molar-refractivity contribution in [2.24, 2.45) is 16.3 Å². The summed E-state index contributed by atoms with van der Waals surface area (Å²) in [5.74, 6) is 0.510. The Morgan fingerprint density at radius 3 is 2.50 bits per heavy atom. The van der Waals surface area contributed by atoms with Gasteiger partial charge < -0.3 is 0 Å². The zero-order valence-corrected chi connectivity index (χ0v) is 9.96. The van der Waals surface area contributed by atoms with Crippen molar-refractivity contribution in [2.75, 3.05) is 0 Å². The summed E-state index contributed by atoms with van der Waals surface area (Å²) in [5.41, 5.74) is 2.55. The maximum absolute atomic E-state index is 4.68. The number of nitrogens with zero attached hydrogens (tertiary/aromatic N) is 1. The van der Waals surface area contributed by atoms with Gasteiger partial charge in [0, 0.05) is 16.8 Å². The first-order valence-electron chi connectivity index (χ1n) is 5.44. The van der Waals surface area contributed by atoms with Gasteiger partial charge in [0.15, 0.2) is 0 Å². The minimum atomic E-state index is 0.139. The van der Waals surface area contributed by atoms with Gasteiger partial charge in [-0.2, -0.15) is 0 Å². The van der Waals surface area contributed by atoms with E-state index >= 15 is 0 Å². The summed E-state index contributed by atoms with van der Waals surface area (Å²) in [4.78, 5) is 4.68. The highest BCUT2D eigenvalue weighted by Crippen LogP contribution is 2.27. The highest BCUT2D eigenvalue weighted by Gasteiger charge is 2.16. The average Bonchev–Trinajstić information content (AvgIpc) is 2.23. The van der Waals surface area contributed by atoms with Crippen LogP contribution in [0.5, 0.6) is 0 Å². The van der Waals surface area contributed by atoms with Gasteiger partial charge in [-0.25, -0.2) is 0 Å². The lowest BCUT2D eigenvalue weighted by atomic mass is 9.90. The lowest BCUT2D eigenvalue weighted by Gasteiger charge is -2.15. The van der Waals surface area contributed by atoms with Gasteiger partial charge in [-0.1, -0.05) is 46.8 Å². The van der Waals surface area contributed by atoms with Crippen LogP contribution in [0.3, 0.4) is 0 Å². The Balaban J connectivity index is 3.07. The Bertz CT molecular complexity index is 290. The van der Waals surface area contributed by atoms with Crippen LogP contribution in [-0.2, 0) is 0 Å². The number of aliphatic imine (C=N–C) groups is 1. The monoisotopic (exact) mass is 191 g/mol. The Labute approximate surface area is 87.6 Å². The van der Waals surface area contributed by atoms with Crippen molar-refractivity contribution >= 4 is 5.71 Å². The lowest BCUT2D eigenvalue weighted by Crippen LogP contribution is -2.04. The maximum atomic E-state index is 4.68. The minimum Gasteiger partial charge on any atom is -0.258 e.